The first kappa shape index (κ1) is 20.6. The van der Waals surface area contributed by atoms with Crippen molar-refractivity contribution in [1.29, 1.82) is 0 Å². The number of hydrogen-bond donors (Lipinski definition) is 0. The van der Waals surface area contributed by atoms with Gasteiger partial charge >= 0.3 is 0 Å². The molecule has 1 aliphatic heterocycles. The minimum Gasteiger partial charge on any atom is -0.308 e. The Morgan fingerprint density at radius 2 is 1.55 bits per heavy atom. The molecule has 5 aromatic rings. The third-order valence-electron chi connectivity index (χ3n) is 11.8. The Morgan fingerprint density at radius 3 is 2.37 bits per heavy atom. The van der Waals surface area contributed by atoms with Crippen LogP contribution in [-0.2, 0) is 18.3 Å². The van der Waals surface area contributed by atoms with Crippen LogP contribution in [0, 0.1) is 23.7 Å². The molecule has 2 heterocycles. The summed E-state index contributed by atoms with van der Waals surface area (Å²) in [5, 5.41) is 2.89. The van der Waals surface area contributed by atoms with Gasteiger partial charge in [0.25, 0.3) is 0 Å². The monoisotopic (exact) mass is 491 g/mol. The van der Waals surface area contributed by atoms with E-state index in [2.05, 4.69) is 84.3 Å². The van der Waals surface area contributed by atoms with E-state index in [0.717, 1.165) is 36.5 Å². The maximum Gasteiger partial charge on any atom is 0.0582 e. The average molecular weight is 492 g/mol. The van der Waals surface area contributed by atoms with Crippen molar-refractivity contribution in [3.05, 3.63) is 101 Å². The van der Waals surface area contributed by atoms with Gasteiger partial charge in [-0.1, -0.05) is 73.7 Å². The predicted molar refractivity (Wildman–Crippen MR) is 156 cm³/mol. The summed E-state index contributed by atoms with van der Waals surface area (Å²) in [6.07, 6.45) is 9.36. The molecule has 0 amide bonds. The van der Waals surface area contributed by atoms with E-state index in [4.69, 9.17) is 0 Å². The lowest BCUT2D eigenvalue weighted by Crippen LogP contribution is -2.57. The summed E-state index contributed by atoms with van der Waals surface area (Å²) in [6, 6.07) is 28.9. The van der Waals surface area contributed by atoms with Crippen LogP contribution in [0.25, 0.3) is 38.6 Å². The Hall–Kier alpha value is -3.32. The van der Waals surface area contributed by atoms with Crippen molar-refractivity contribution >= 4 is 21.8 Å². The van der Waals surface area contributed by atoms with Gasteiger partial charge in [0.1, 0.15) is 0 Å². The average Bonchev–Trinajstić information content (AvgIpc) is 3.49. The number of para-hydroxylation sites is 1. The van der Waals surface area contributed by atoms with Crippen LogP contribution in [0.3, 0.4) is 0 Å². The van der Waals surface area contributed by atoms with Gasteiger partial charge in [0.05, 0.1) is 16.7 Å². The van der Waals surface area contributed by atoms with Crippen LogP contribution in [0.4, 0.5) is 0 Å². The highest BCUT2D eigenvalue weighted by Crippen LogP contribution is 2.68. The van der Waals surface area contributed by atoms with E-state index in [-0.39, 0.29) is 5.41 Å². The molecule has 1 aromatic heterocycles. The maximum absolute atomic E-state index is 2.75. The fourth-order valence-corrected chi connectivity index (χ4v) is 10.6. The zero-order valence-corrected chi connectivity index (χ0v) is 22.1. The van der Waals surface area contributed by atoms with Crippen LogP contribution in [0.1, 0.15) is 66.8 Å². The van der Waals surface area contributed by atoms with Gasteiger partial charge in [0.2, 0.25) is 0 Å². The van der Waals surface area contributed by atoms with Gasteiger partial charge in [-0.3, -0.25) is 0 Å². The molecule has 1 spiro atoms. The lowest BCUT2D eigenvalue weighted by atomic mass is 9.41. The summed E-state index contributed by atoms with van der Waals surface area (Å²) in [4.78, 5) is 0. The van der Waals surface area contributed by atoms with Crippen molar-refractivity contribution < 1.29 is 0 Å². The molecular formula is C37H33N. The SMILES string of the molecule is CCc1ccc2c3cccc4c3n(c2c1)-c1c(ccc2c1Cc1ccccc1-2)C41C2CC3CC(C2)CC1C3. The molecule has 4 bridgehead atoms. The predicted octanol–water partition coefficient (Wildman–Crippen LogP) is 8.97. The normalized spacial score (nSPS) is 29.3. The van der Waals surface area contributed by atoms with Gasteiger partial charge in [-0.25, -0.2) is 0 Å². The smallest absolute Gasteiger partial charge is 0.0582 e. The summed E-state index contributed by atoms with van der Waals surface area (Å²) in [5.41, 5.74) is 15.4. The molecule has 5 aliphatic carbocycles. The van der Waals surface area contributed by atoms with E-state index in [1.165, 1.54) is 76.2 Å². The number of rotatable bonds is 1. The van der Waals surface area contributed by atoms with Gasteiger partial charge in [-0.2, -0.15) is 0 Å². The second-order valence-corrected chi connectivity index (χ2v) is 13.2. The lowest BCUT2D eigenvalue weighted by molar-refractivity contribution is -0.0418. The van der Waals surface area contributed by atoms with Crippen molar-refractivity contribution in [1.82, 2.24) is 4.57 Å². The molecule has 38 heavy (non-hydrogen) atoms. The van der Waals surface area contributed by atoms with Crippen LogP contribution < -0.4 is 0 Å². The molecular weight excluding hydrogens is 458 g/mol. The fraction of sp³-hybridized carbons (Fsp3) is 0.351. The molecule has 0 saturated heterocycles. The van der Waals surface area contributed by atoms with Crippen LogP contribution in [0.2, 0.25) is 0 Å². The van der Waals surface area contributed by atoms with E-state index in [1.807, 2.05) is 0 Å². The molecule has 0 radical (unpaired) electrons. The Morgan fingerprint density at radius 1 is 0.737 bits per heavy atom. The molecule has 0 atom stereocenters. The number of nitrogens with zero attached hydrogens (tertiary/aromatic N) is 1. The zero-order valence-electron chi connectivity index (χ0n) is 22.1. The molecule has 1 nitrogen and oxygen atoms in total. The molecule has 1 heteroatoms. The van der Waals surface area contributed by atoms with Gasteiger partial charge in [0, 0.05) is 22.6 Å². The minimum atomic E-state index is 0.171. The van der Waals surface area contributed by atoms with Crippen molar-refractivity contribution in [2.24, 2.45) is 23.7 Å². The van der Waals surface area contributed by atoms with Gasteiger partial charge in [-0.15, -0.1) is 0 Å². The van der Waals surface area contributed by atoms with Crippen LogP contribution >= 0.6 is 0 Å². The highest BCUT2D eigenvalue weighted by atomic mass is 15.0. The Labute approximate surface area is 224 Å². The van der Waals surface area contributed by atoms with Crippen molar-refractivity contribution in [2.75, 3.05) is 0 Å². The van der Waals surface area contributed by atoms with Crippen molar-refractivity contribution in [3.63, 3.8) is 0 Å². The number of fused-ring (bicyclic) bond motifs is 9. The molecule has 4 saturated carbocycles. The Kier molecular flexibility index (Phi) is 3.69. The Bertz CT molecular complexity index is 1820. The highest BCUT2D eigenvalue weighted by molar-refractivity contribution is 6.12. The van der Waals surface area contributed by atoms with Gasteiger partial charge in [-0.05, 0) is 107 Å². The number of aromatic nitrogens is 1. The molecule has 4 aromatic carbocycles. The first-order valence-corrected chi connectivity index (χ1v) is 15.1. The largest absolute Gasteiger partial charge is 0.308 e. The third kappa shape index (κ3) is 2.22. The Balaban J connectivity index is 1.40. The molecule has 11 rings (SSSR count). The van der Waals surface area contributed by atoms with Gasteiger partial charge in [0.15, 0.2) is 0 Å². The van der Waals surface area contributed by atoms with Crippen LogP contribution in [-0.4, -0.2) is 4.57 Å². The zero-order chi connectivity index (χ0) is 24.7. The highest BCUT2D eigenvalue weighted by Gasteiger charge is 2.61. The molecule has 186 valence electrons. The van der Waals surface area contributed by atoms with E-state index >= 15 is 0 Å². The van der Waals surface area contributed by atoms with E-state index in [9.17, 15) is 0 Å². The molecule has 0 unspecified atom stereocenters. The second-order valence-electron chi connectivity index (χ2n) is 13.2. The first-order valence-electron chi connectivity index (χ1n) is 15.1. The number of aryl methyl sites for hydroxylation is 1. The van der Waals surface area contributed by atoms with Crippen LogP contribution in [0.15, 0.2) is 72.8 Å². The maximum atomic E-state index is 2.75. The topological polar surface area (TPSA) is 4.93 Å². The standard InChI is InChI=1S/C37H33N/c1-2-21-10-11-29-30-8-5-9-32-35(30)38(34(29)19-21)36-31-20-24-6-3-4-7-27(24)28(31)12-13-33(36)37(32)25-15-22-14-23(17-25)18-26(37)16-22/h3-13,19,22-23,25-26H,2,14-18,20H2,1H3. The third-order valence-corrected chi connectivity index (χ3v) is 11.8. The van der Waals surface area contributed by atoms with Gasteiger partial charge < -0.3 is 4.57 Å². The molecule has 6 aliphatic rings. The van der Waals surface area contributed by atoms with E-state index < -0.39 is 0 Å². The summed E-state index contributed by atoms with van der Waals surface area (Å²) in [6.45, 7) is 2.29. The minimum absolute atomic E-state index is 0.171. The van der Waals surface area contributed by atoms with Crippen LogP contribution in [0.5, 0.6) is 0 Å². The number of hydrogen-bond acceptors (Lipinski definition) is 0. The fourth-order valence-electron chi connectivity index (χ4n) is 10.6. The molecule has 0 N–H and O–H groups in total. The lowest BCUT2D eigenvalue weighted by Gasteiger charge is -2.63. The van der Waals surface area contributed by atoms with Crippen molar-refractivity contribution in [2.45, 2.75) is 57.3 Å². The summed E-state index contributed by atoms with van der Waals surface area (Å²) in [5.74, 6) is 3.49. The van der Waals surface area contributed by atoms with E-state index in [0.29, 0.717) is 0 Å². The molecule has 4 fully saturated rings. The summed E-state index contributed by atoms with van der Waals surface area (Å²) >= 11 is 0. The van der Waals surface area contributed by atoms with E-state index in [1.54, 1.807) is 22.4 Å². The summed E-state index contributed by atoms with van der Waals surface area (Å²) < 4.78 is 2.75. The number of benzene rings is 4. The summed E-state index contributed by atoms with van der Waals surface area (Å²) in [7, 11) is 0. The quantitative estimate of drug-likeness (QED) is 0.216. The first-order chi connectivity index (χ1) is 18.8. The van der Waals surface area contributed by atoms with Crippen molar-refractivity contribution in [3.8, 4) is 16.8 Å². The second kappa shape index (κ2) is 6.81.